The van der Waals surface area contributed by atoms with Crippen molar-refractivity contribution in [2.24, 2.45) is 0 Å². The second-order valence-electron chi connectivity index (χ2n) is 7.21. The van der Waals surface area contributed by atoms with E-state index in [4.69, 9.17) is 11.6 Å². The van der Waals surface area contributed by atoms with Gasteiger partial charge in [-0.1, -0.05) is 11.6 Å². The number of hydrogen-bond acceptors (Lipinski definition) is 5. The van der Waals surface area contributed by atoms with Crippen molar-refractivity contribution in [2.75, 3.05) is 31.5 Å². The van der Waals surface area contributed by atoms with Gasteiger partial charge in [-0.05, 0) is 37.1 Å². The first-order valence-electron chi connectivity index (χ1n) is 9.53. The zero-order valence-electron chi connectivity index (χ0n) is 16.0. The number of amides is 3. The first-order chi connectivity index (χ1) is 13.9. The normalized spacial score (nSPS) is 18.5. The van der Waals surface area contributed by atoms with Crippen LogP contribution in [-0.2, 0) is 16.0 Å². The van der Waals surface area contributed by atoms with E-state index in [1.165, 1.54) is 11.3 Å². The lowest BCUT2D eigenvalue weighted by Gasteiger charge is -2.35. The van der Waals surface area contributed by atoms with Crippen LogP contribution in [0.5, 0.6) is 0 Å². The van der Waals surface area contributed by atoms with Gasteiger partial charge in [0.2, 0.25) is 11.8 Å². The van der Waals surface area contributed by atoms with Crippen molar-refractivity contribution < 1.29 is 14.4 Å². The molecule has 2 aliphatic rings. The Kier molecular flexibility index (Phi) is 5.56. The highest BCUT2D eigenvalue weighted by atomic mass is 35.5. The highest BCUT2D eigenvalue weighted by Gasteiger charge is 2.36. The van der Waals surface area contributed by atoms with E-state index in [1.54, 1.807) is 36.1 Å². The number of nitrogens with one attached hydrogen (secondary N) is 1. The molecule has 2 aromatic rings. The topological polar surface area (TPSA) is 82.6 Å². The van der Waals surface area contributed by atoms with Gasteiger partial charge in [0, 0.05) is 48.6 Å². The Morgan fingerprint density at radius 1 is 1.10 bits per heavy atom. The number of rotatable bonds is 3. The van der Waals surface area contributed by atoms with Crippen LogP contribution in [0.4, 0.5) is 5.13 Å². The summed E-state index contributed by atoms with van der Waals surface area (Å²) in [5, 5.41) is 3.90. The van der Waals surface area contributed by atoms with Crippen LogP contribution < -0.4 is 5.32 Å². The maximum Gasteiger partial charge on any atom is 0.257 e. The first-order valence-corrected chi connectivity index (χ1v) is 10.7. The molecule has 0 bridgehead atoms. The van der Waals surface area contributed by atoms with Gasteiger partial charge >= 0.3 is 0 Å². The molecule has 0 spiro atoms. The molecule has 29 heavy (non-hydrogen) atoms. The van der Waals surface area contributed by atoms with Crippen molar-refractivity contribution in [3.63, 3.8) is 0 Å². The van der Waals surface area contributed by atoms with Gasteiger partial charge in [0.15, 0.2) is 5.13 Å². The Hall–Kier alpha value is -2.45. The van der Waals surface area contributed by atoms with Crippen LogP contribution in [-0.4, -0.2) is 58.7 Å². The summed E-state index contributed by atoms with van der Waals surface area (Å²) in [5.74, 6) is -0.419. The highest BCUT2D eigenvalue weighted by molar-refractivity contribution is 7.16. The molecule has 1 fully saturated rings. The Balaban J connectivity index is 1.42. The number of aromatic nitrogens is 1. The van der Waals surface area contributed by atoms with Crippen LogP contribution in [0.15, 0.2) is 24.3 Å². The summed E-state index contributed by atoms with van der Waals surface area (Å²) in [6, 6.07) is 6.65. The van der Waals surface area contributed by atoms with Gasteiger partial charge < -0.3 is 9.80 Å². The Bertz CT molecular complexity index is 951. The molecule has 0 saturated carbocycles. The third-order valence-corrected chi connectivity index (χ3v) is 6.68. The molecule has 1 unspecified atom stereocenters. The quantitative estimate of drug-likeness (QED) is 0.808. The largest absolute Gasteiger partial charge is 0.339 e. The molecule has 152 valence electrons. The summed E-state index contributed by atoms with van der Waals surface area (Å²) in [5.41, 5.74) is 1.28. The number of thiazole rings is 1. The van der Waals surface area contributed by atoms with Crippen molar-refractivity contribution in [3.8, 4) is 0 Å². The van der Waals surface area contributed by atoms with Gasteiger partial charge in [-0.3, -0.25) is 19.7 Å². The second-order valence-corrected chi connectivity index (χ2v) is 8.73. The monoisotopic (exact) mass is 432 g/mol. The van der Waals surface area contributed by atoms with E-state index in [0.29, 0.717) is 41.9 Å². The smallest absolute Gasteiger partial charge is 0.257 e. The van der Waals surface area contributed by atoms with Gasteiger partial charge in [0.25, 0.3) is 5.91 Å². The third-order valence-electron chi connectivity index (χ3n) is 5.38. The van der Waals surface area contributed by atoms with E-state index in [0.717, 1.165) is 23.4 Å². The Morgan fingerprint density at radius 3 is 2.41 bits per heavy atom. The summed E-state index contributed by atoms with van der Waals surface area (Å²) in [4.78, 5) is 46.1. The lowest BCUT2D eigenvalue weighted by Crippen LogP contribution is -2.51. The lowest BCUT2D eigenvalue weighted by atomic mass is 10.1. The SMILES string of the molecule is CC(=O)N1CCN(C(=O)C2CCc3sc(NC(=O)c4ccc(Cl)cc4)nc32)CC1. The van der Waals surface area contributed by atoms with E-state index in [-0.39, 0.29) is 23.6 Å². The van der Waals surface area contributed by atoms with Gasteiger partial charge in [-0.25, -0.2) is 4.98 Å². The molecule has 3 amide bonds. The molecule has 1 saturated heterocycles. The van der Waals surface area contributed by atoms with Crippen LogP contribution in [0.2, 0.25) is 5.02 Å². The summed E-state index contributed by atoms with van der Waals surface area (Å²) in [6.07, 6.45) is 1.53. The van der Waals surface area contributed by atoms with Crippen LogP contribution in [0.25, 0.3) is 0 Å². The number of aryl methyl sites for hydroxylation is 1. The molecule has 1 aromatic heterocycles. The Labute approximate surface area is 177 Å². The third kappa shape index (κ3) is 4.13. The van der Waals surface area contributed by atoms with E-state index in [2.05, 4.69) is 10.3 Å². The molecule has 1 aromatic carbocycles. The van der Waals surface area contributed by atoms with Gasteiger partial charge in [-0.2, -0.15) is 0 Å². The molecule has 2 heterocycles. The molecule has 1 N–H and O–H groups in total. The molecule has 1 aliphatic carbocycles. The van der Waals surface area contributed by atoms with E-state index >= 15 is 0 Å². The van der Waals surface area contributed by atoms with Gasteiger partial charge in [-0.15, -0.1) is 11.3 Å². The number of piperazine rings is 1. The first kappa shape index (κ1) is 19.8. The highest BCUT2D eigenvalue weighted by Crippen LogP contribution is 2.39. The average Bonchev–Trinajstić information content (AvgIpc) is 3.28. The van der Waals surface area contributed by atoms with E-state index in [1.807, 2.05) is 4.90 Å². The molecule has 1 aliphatic heterocycles. The lowest BCUT2D eigenvalue weighted by molar-refractivity contribution is -0.139. The van der Waals surface area contributed by atoms with E-state index < -0.39 is 0 Å². The van der Waals surface area contributed by atoms with Crippen LogP contribution in [0, 0.1) is 0 Å². The summed E-state index contributed by atoms with van der Waals surface area (Å²) in [6.45, 7) is 3.79. The maximum atomic E-state index is 13.0. The zero-order valence-corrected chi connectivity index (χ0v) is 17.6. The standard InChI is InChI=1S/C20H21ClN4O3S/c1-12(26)24-8-10-25(11-9-24)19(28)15-6-7-16-17(15)22-20(29-16)23-18(27)13-2-4-14(21)5-3-13/h2-5,15H,6-11H2,1H3,(H,22,23,27). The number of fused-ring (bicyclic) bond motifs is 1. The predicted molar refractivity (Wildman–Crippen MR) is 111 cm³/mol. The maximum absolute atomic E-state index is 13.0. The number of anilines is 1. The fourth-order valence-electron chi connectivity index (χ4n) is 3.75. The van der Waals surface area contributed by atoms with Crippen molar-refractivity contribution in [3.05, 3.63) is 45.4 Å². The van der Waals surface area contributed by atoms with Crippen LogP contribution >= 0.6 is 22.9 Å². The number of benzene rings is 1. The predicted octanol–water partition coefficient (Wildman–Crippen LogP) is 2.77. The number of halogens is 1. The molecular formula is C20H21ClN4O3S. The van der Waals surface area contributed by atoms with E-state index in [9.17, 15) is 14.4 Å². The minimum atomic E-state index is -0.272. The number of carbonyl (C=O) groups is 3. The fourth-order valence-corrected chi connectivity index (χ4v) is 4.91. The molecule has 0 radical (unpaired) electrons. The van der Waals surface area contributed by atoms with Gasteiger partial charge in [0.1, 0.15) is 0 Å². The molecular weight excluding hydrogens is 412 g/mol. The molecule has 7 nitrogen and oxygen atoms in total. The number of nitrogens with zero attached hydrogens (tertiary/aromatic N) is 3. The number of hydrogen-bond donors (Lipinski definition) is 1. The Morgan fingerprint density at radius 2 is 1.76 bits per heavy atom. The van der Waals surface area contributed by atoms with Gasteiger partial charge in [0.05, 0.1) is 11.6 Å². The number of carbonyl (C=O) groups excluding carboxylic acids is 3. The second kappa shape index (κ2) is 8.12. The minimum Gasteiger partial charge on any atom is -0.339 e. The molecule has 1 atom stereocenters. The summed E-state index contributed by atoms with van der Waals surface area (Å²) >= 11 is 7.29. The van der Waals surface area contributed by atoms with Crippen LogP contribution in [0.1, 0.15) is 40.2 Å². The van der Waals surface area contributed by atoms with Crippen molar-refractivity contribution in [2.45, 2.75) is 25.7 Å². The van der Waals surface area contributed by atoms with Crippen molar-refractivity contribution in [1.29, 1.82) is 0 Å². The molecule has 9 heteroatoms. The fraction of sp³-hybridized carbons (Fsp3) is 0.400. The summed E-state index contributed by atoms with van der Waals surface area (Å²) in [7, 11) is 0. The molecule has 4 rings (SSSR count). The zero-order chi connectivity index (χ0) is 20.5. The average molecular weight is 433 g/mol. The summed E-state index contributed by atoms with van der Waals surface area (Å²) < 4.78 is 0. The van der Waals surface area contributed by atoms with Crippen molar-refractivity contribution in [1.82, 2.24) is 14.8 Å². The van der Waals surface area contributed by atoms with Crippen LogP contribution in [0.3, 0.4) is 0 Å². The minimum absolute atomic E-state index is 0.0424. The van der Waals surface area contributed by atoms with Crippen molar-refractivity contribution >= 4 is 45.8 Å².